The van der Waals surface area contributed by atoms with Gasteiger partial charge in [0.15, 0.2) is 0 Å². The predicted molar refractivity (Wildman–Crippen MR) is 75.0 cm³/mol. The SMILES string of the molecule is Cc1cc(C(Cl)c2ccc(C)c(Cl)c2)c(F)cc1F. The van der Waals surface area contributed by atoms with Crippen molar-refractivity contribution in [3.8, 4) is 0 Å². The zero-order chi connectivity index (χ0) is 14.2. The van der Waals surface area contributed by atoms with E-state index in [0.717, 1.165) is 11.6 Å². The molecule has 2 rings (SSSR count). The van der Waals surface area contributed by atoms with Gasteiger partial charge in [0.25, 0.3) is 0 Å². The minimum atomic E-state index is -0.697. The molecule has 0 fully saturated rings. The molecule has 2 aromatic rings. The van der Waals surface area contributed by atoms with Gasteiger partial charge < -0.3 is 0 Å². The van der Waals surface area contributed by atoms with E-state index in [-0.39, 0.29) is 5.56 Å². The molecular weight excluding hydrogens is 289 g/mol. The van der Waals surface area contributed by atoms with E-state index in [0.29, 0.717) is 16.1 Å². The molecule has 0 aliphatic rings. The van der Waals surface area contributed by atoms with Crippen LogP contribution in [0.1, 0.15) is 27.6 Å². The zero-order valence-corrected chi connectivity index (χ0v) is 12.0. The highest BCUT2D eigenvalue weighted by Crippen LogP contribution is 2.33. The van der Waals surface area contributed by atoms with Gasteiger partial charge in [-0.25, -0.2) is 8.78 Å². The molecule has 0 aromatic heterocycles. The summed E-state index contributed by atoms with van der Waals surface area (Å²) in [6, 6.07) is 7.59. The Morgan fingerprint density at radius 1 is 0.947 bits per heavy atom. The molecule has 0 aliphatic heterocycles. The molecule has 0 N–H and O–H groups in total. The highest BCUT2D eigenvalue weighted by molar-refractivity contribution is 6.31. The summed E-state index contributed by atoms with van der Waals surface area (Å²) < 4.78 is 27.0. The first kappa shape index (κ1) is 14.3. The summed E-state index contributed by atoms with van der Waals surface area (Å²) in [4.78, 5) is 0. The van der Waals surface area contributed by atoms with Crippen LogP contribution in [0.4, 0.5) is 8.78 Å². The van der Waals surface area contributed by atoms with Gasteiger partial charge in [0, 0.05) is 16.7 Å². The summed E-state index contributed by atoms with van der Waals surface area (Å²) in [6.45, 7) is 3.45. The molecule has 0 heterocycles. The number of alkyl halides is 1. The number of hydrogen-bond acceptors (Lipinski definition) is 0. The van der Waals surface area contributed by atoms with Gasteiger partial charge in [0.1, 0.15) is 11.6 Å². The number of benzene rings is 2. The molecular formula is C15H12Cl2F2. The standard InChI is InChI=1S/C15H12Cl2F2/c1-8-3-4-10(6-12(8)16)15(17)11-5-9(2)13(18)7-14(11)19/h3-7,15H,1-2H3. The van der Waals surface area contributed by atoms with Crippen molar-refractivity contribution in [2.75, 3.05) is 0 Å². The van der Waals surface area contributed by atoms with E-state index < -0.39 is 17.0 Å². The van der Waals surface area contributed by atoms with E-state index >= 15 is 0 Å². The Labute approximate surface area is 121 Å². The Bertz CT molecular complexity index is 624. The minimum Gasteiger partial charge on any atom is -0.207 e. The summed E-state index contributed by atoms with van der Waals surface area (Å²) in [5.74, 6) is -1.23. The molecule has 0 radical (unpaired) electrons. The van der Waals surface area contributed by atoms with Crippen LogP contribution in [0.2, 0.25) is 5.02 Å². The van der Waals surface area contributed by atoms with E-state index in [4.69, 9.17) is 23.2 Å². The van der Waals surface area contributed by atoms with Crippen molar-refractivity contribution in [3.05, 3.63) is 69.2 Å². The Hall–Kier alpha value is -1.12. The van der Waals surface area contributed by atoms with Crippen molar-refractivity contribution in [2.24, 2.45) is 0 Å². The average molecular weight is 301 g/mol. The molecule has 4 heteroatoms. The molecule has 100 valence electrons. The predicted octanol–water partition coefficient (Wildman–Crippen LogP) is 5.56. The number of aryl methyl sites for hydroxylation is 2. The number of halogens is 4. The van der Waals surface area contributed by atoms with E-state index in [1.54, 1.807) is 19.1 Å². The lowest BCUT2D eigenvalue weighted by Gasteiger charge is -2.13. The van der Waals surface area contributed by atoms with Gasteiger partial charge in [0.05, 0.1) is 5.38 Å². The van der Waals surface area contributed by atoms with Crippen LogP contribution in [0.15, 0.2) is 30.3 Å². The van der Waals surface area contributed by atoms with Gasteiger partial charge in [-0.15, -0.1) is 11.6 Å². The van der Waals surface area contributed by atoms with Crippen molar-refractivity contribution in [1.29, 1.82) is 0 Å². The fourth-order valence-corrected chi connectivity index (χ4v) is 2.31. The highest BCUT2D eigenvalue weighted by atomic mass is 35.5. The lowest BCUT2D eigenvalue weighted by molar-refractivity contribution is 0.568. The second-order valence-corrected chi connectivity index (χ2v) is 5.34. The first-order chi connectivity index (χ1) is 8.90. The molecule has 0 saturated carbocycles. The molecule has 0 spiro atoms. The first-order valence-electron chi connectivity index (χ1n) is 5.76. The molecule has 0 saturated heterocycles. The maximum atomic E-state index is 13.8. The van der Waals surface area contributed by atoms with Crippen LogP contribution >= 0.6 is 23.2 Å². The quantitative estimate of drug-likeness (QED) is 0.637. The third-order valence-electron chi connectivity index (χ3n) is 3.04. The lowest BCUT2D eigenvalue weighted by Crippen LogP contribution is -2.00. The van der Waals surface area contributed by atoms with Crippen LogP contribution in [0.25, 0.3) is 0 Å². The highest BCUT2D eigenvalue weighted by Gasteiger charge is 2.18. The van der Waals surface area contributed by atoms with Crippen molar-refractivity contribution < 1.29 is 8.78 Å². The number of rotatable bonds is 2. The van der Waals surface area contributed by atoms with Crippen molar-refractivity contribution >= 4 is 23.2 Å². The molecule has 0 aliphatic carbocycles. The first-order valence-corrected chi connectivity index (χ1v) is 6.57. The van der Waals surface area contributed by atoms with Gasteiger partial charge in [-0.1, -0.05) is 23.7 Å². The molecule has 0 bridgehead atoms. The van der Waals surface area contributed by atoms with Crippen molar-refractivity contribution in [3.63, 3.8) is 0 Å². The topological polar surface area (TPSA) is 0 Å². The molecule has 0 amide bonds. The van der Waals surface area contributed by atoms with E-state index in [1.165, 1.54) is 6.07 Å². The molecule has 0 nitrogen and oxygen atoms in total. The van der Waals surface area contributed by atoms with E-state index in [2.05, 4.69) is 0 Å². The molecule has 1 unspecified atom stereocenters. The maximum absolute atomic E-state index is 13.8. The van der Waals surface area contributed by atoms with Crippen LogP contribution in [-0.2, 0) is 0 Å². The summed E-state index contributed by atoms with van der Waals surface area (Å²) in [6.07, 6.45) is 0. The van der Waals surface area contributed by atoms with Gasteiger partial charge in [-0.3, -0.25) is 0 Å². The minimum absolute atomic E-state index is 0.250. The van der Waals surface area contributed by atoms with Crippen molar-refractivity contribution in [1.82, 2.24) is 0 Å². The monoisotopic (exact) mass is 300 g/mol. The Balaban J connectivity index is 2.46. The second-order valence-electron chi connectivity index (χ2n) is 4.49. The Morgan fingerprint density at radius 2 is 1.63 bits per heavy atom. The summed E-state index contributed by atoms with van der Waals surface area (Å²) >= 11 is 12.3. The third kappa shape index (κ3) is 2.90. The van der Waals surface area contributed by atoms with E-state index in [9.17, 15) is 8.78 Å². The lowest BCUT2D eigenvalue weighted by atomic mass is 10.0. The molecule has 1 atom stereocenters. The number of hydrogen-bond donors (Lipinski definition) is 0. The van der Waals surface area contributed by atoms with Crippen LogP contribution < -0.4 is 0 Å². The van der Waals surface area contributed by atoms with Gasteiger partial charge in [-0.2, -0.15) is 0 Å². The van der Waals surface area contributed by atoms with Crippen LogP contribution in [0, 0.1) is 25.5 Å². The fraction of sp³-hybridized carbons (Fsp3) is 0.200. The summed E-state index contributed by atoms with van der Waals surface area (Å²) in [7, 11) is 0. The van der Waals surface area contributed by atoms with Crippen LogP contribution in [-0.4, -0.2) is 0 Å². The second kappa shape index (κ2) is 5.48. The smallest absolute Gasteiger partial charge is 0.131 e. The molecule has 2 aromatic carbocycles. The largest absolute Gasteiger partial charge is 0.207 e. The van der Waals surface area contributed by atoms with Gasteiger partial charge in [-0.05, 0) is 42.7 Å². The Morgan fingerprint density at radius 3 is 2.26 bits per heavy atom. The van der Waals surface area contributed by atoms with Crippen LogP contribution in [0.5, 0.6) is 0 Å². The van der Waals surface area contributed by atoms with E-state index in [1.807, 2.05) is 13.0 Å². The summed E-state index contributed by atoms with van der Waals surface area (Å²) in [5.41, 5.74) is 2.22. The van der Waals surface area contributed by atoms with Crippen LogP contribution in [0.3, 0.4) is 0 Å². The Kier molecular flexibility index (Phi) is 4.12. The van der Waals surface area contributed by atoms with Gasteiger partial charge in [0.2, 0.25) is 0 Å². The average Bonchev–Trinajstić information content (AvgIpc) is 2.36. The third-order valence-corrected chi connectivity index (χ3v) is 3.93. The van der Waals surface area contributed by atoms with Crippen molar-refractivity contribution in [2.45, 2.75) is 19.2 Å². The zero-order valence-electron chi connectivity index (χ0n) is 10.5. The molecule has 19 heavy (non-hydrogen) atoms. The maximum Gasteiger partial charge on any atom is 0.131 e. The van der Waals surface area contributed by atoms with Gasteiger partial charge >= 0.3 is 0 Å². The normalized spacial score (nSPS) is 12.5. The summed E-state index contributed by atoms with van der Waals surface area (Å²) in [5, 5.41) is -0.125. The fourth-order valence-electron chi connectivity index (χ4n) is 1.82.